The molecule has 118 valence electrons. The Labute approximate surface area is 139 Å². The van der Waals surface area contributed by atoms with Gasteiger partial charge in [0.1, 0.15) is 0 Å². The van der Waals surface area contributed by atoms with Crippen molar-refractivity contribution in [3.05, 3.63) is 64.6 Å². The summed E-state index contributed by atoms with van der Waals surface area (Å²) in [6, 6.07) is 14.4. The number of benzene rings is 2. The maximum absolute atomic E-state index is 12.3. The molecule has 3 rings (SSSR count). The number of carbonyl (C=O) groups is 1. The van der Waals surface area contributed by atoms with Crippen LogP contribution < -0.4 is 5.32 Å². The molecule has 0 radical (unpaired) electrons. The molecule has 5 heteroatoms. The highest BCUT2D eigenvalue weighted by Crippen LogP contribution is 2.20. The average molecular weight is 325 g/mol. The van der Waals surface area contributed by atoms with Crippen molar-refractivity contribution in [2.75, 3.05) is 7.05 Å². The normalized spacial score (nSPS) is 12.1. The van der Waals surface area contributed by atoms with Crippen LogP contribution in [0.25, 0.3) is 10.8 Å². The van der Waals surface area contributed by atoms with Crippen molar-refractivity contribution in [3.63, 3.8) is 0 Å². The van der Waals surface area contributed by atoms with E-state index < -0.39 is 0 Å². The van der Waals surface area contributed by atoms with E-state index in [1.165, 1.54) is 22.1 Å². The predicted octanol–water partition coefficient (Wildman–Crippen LogP) is 4.20. The van der Waals surface area contributed by atoms with E-state index in [2.05, 4.69) is 40.6 Å². The molecule has 2 aromatic carbocycles. The molecule has 0 saturated carbocycles. The van der Waals surface area contributed by atoms with Gasteiger partial charge in [-0.1, -0.05) is 36.4 Å². The number of fused-ring (bicyclic) bond motifs is 1. The smallest absolute Gasteiger partial charge is 0.317 e. The molecule has 1 atom stereocenters. The molecular formula is C18H19N3OS. The molecule has 1 heterocycles. The molecule has 0 aliphatic carbocycles. The molecule has 2 amide bonds. The first kappa shape index (κ1) is 15.5. The second-order valence-corrected chi connectivity index (χ2v) is 6.33. The first-order chi connectivity index (χ1) is 11.1. The molecule has 0 bridgehead atoms. The number of carbonyl (C=O) groups excluding carboxylic acids is 1. The lowest BCUT2D eigenvalue weighted by Crippen LogP contribution is -2.38. The lowest BCUT2D eigenvalue weighted by molar-refractivity contribution is 0.203. The first-order valence-electron chi connectivity index (χ1n) is 7.51. The fraction of sp³-hybridized carbons (Fsp3) is 0.222. The topological polar surface area (TPSA) is 45.2 Å². The SMILES string of the molecule is C[C@@H](NC(=O)N(C)Cc1cscn1)c1ccc2ccccc2c1. The van der Waals surface area contributed by atoms with Crippen molar-refractivity contribution in [2.45, 2.75) is 19.5 Å². The number of rotatable bonds is 4. The zero-order valence-corrected chi connectivity index (χ0v) is 14.0. The van der Waals surface area contributed by atoms with Gasteiger partial charge < -0.3 is 10.2 Å². The largest absolute Gasteiger partial charge is 0.331 e. The number of nitrogens with zero attached hydrogens (tertiary/aromatic N) is 2. The minimum absolute atomic E-state index is 0.0509. The van der Waals surface area contributed by atoms with Gasteiger partial charge in [-0.05, 0) is 29.3 Å². The van der Waals surface area contributed by atoms with Crippen molar-refractivity contribution in [1.29, 1.82) is 0 Å². The summed E-state index contributed by atoms with van der Waals surface area (Å²) in [5.74, 6) is 0. The van der Waals surface area contributed by atoms with E-state index in [9.17, 15) is 4.79 Å². The van der Waals surface area contributed by atoms with Crippen LogP contribution in [-0.2, 0) is 6.54 Å². The second-order valence-electron chi connectivity index (χ2n) is 5.61. The maximum Gasteiger partial charge on any atom is 0.317 e. The Kier molecular flexibility index (Phi) is 4.57. The van der Waals surface area contributed by atoms with Crippen molar-refractivity contribution in [2.24, 2.45) is 0 Å². The summed E-state index contributed by atoms with van der Waals surface area (Å²) < 4.78 is 0. The van der Waals surface area contributed by atoms with Crippen LogP contribution >= 0.6 is 11.3 Å². The van der Waals surface area contributed by atoms with Crippen LogP contribution in [0.15, 0.2) is 53.4 Å². The van der Waals surface area contributed by atoms with Crippen LogP contribution in [0.2, 0.25) is 0 Å². The van der Waals surface area contributed by atoms with Gasteiger partial charge in [0.2, 0.25) is 0 Å². The molecule has 0 aliphatic rings. The minimum Gasteiger partial charge on any atom is -0.331 e. The zero-order valence-electron chi connectivity index (χ0n) is 13.2. The van der Waals surface area contributed by atoms with E-state index in [0.717, 1.165) is 11.3 Å². The molecule has 3 aromatic rings. The molecule has 0 aliphatic heterocycles. The summed E-state index contributed by atoms with van der Waals surface area (Å²) in [6.07, 6.45) is 0. The molecule has 0 spiro atoms. The summed E-state index contributed by atoms with van der Waals surface area (Å²) >= 11 is 1.54. The van der Waals surface area contributed by atoms with Gasteiger partial charge in [-0.2, -0.15) is 0 Å². The van der Waals surface area contributed by atoms with Gasteiger partial charge in [0, 0.05) is 12.4 Å². The average Bonchev–Trinajstić information content (AvgIpc) is 3.07. The molecule has 23 heavy (non-hydrogen) atoms. The summed E-state index contributed by atoms with van der Waals surface area (Å²) in [6.45, 7) is 2.51. The first-order valence-corrected chi connectivity index (χ1v) is 8.45. The zero-order chi connectivity index (χ0) is 16.2. The quantitative estimate of drug-likeness (QED) is 0.781. The number of aromatic nitrogens is 1. The van der Waals surface area contributed by atoms with Crippen molar-refractivity contribution in [1.82, 2.24) is 15.2 Å². The monoisotopic (exact) mass is 325 g/mol. The van der Waals surface area contributed by atoms with Crippen LogP contribution in [0.1, 0.15) is 24.2 Å². The Morgan fingerprint density at radius 3 is 2.78 bits per heavy atom. The molecule has 1 aromatic heterocycles. The number of urea groups is 1. The lowest BCUT2D eigenvalue weighted by atomic mass is 10.0. The highest BCUT2D eigenvalue weighted by Gasteiger charge is 2.14. The highest BCUT2D eigenvalue weighted by atomic mass is 32.1. The van der Waals surface area contributed by atoms with E-state index in [1.807, 2.05) is 24.4 Å². The summed E-state index contributed by atoms with van der Waals surface area (Å²) in [7, 11) is 1.78. The van der Waals surface area contributed by atoms with Gasteiger partial charge in [-0.15, -0.1) is 11.3 Å². The fourth-order valence-electron chi connectivity index (χ4n) is 2.49. The number of amides is 2. The Morgan fingerprint density at radius 2 is 2.04 bits per heavy atom. The number of hydrogen-bond acceptors (Lipinski definition) is 3. The van der Waals surface area contributed by atoms with E-state index in [4.69, 9.17) is 0 Å². The Morgan fingerprint density at radius 1 is 1.26 bits per heavy atom. The van der Waals surface area contributed by atoms with Crippen LogP contribution in [0.5, 0.6) is 0 Å². The molecular weight excluding hydrogens is 306 g/mol. The molecule has 1 N–H and O–H groups in total. The van der Waals surface area contributed by atoms with Crippen molar-refractivity contribution in [3.8, 4) is 0 Å². The Bertz CT molecular complexity index is 801. The van der Waals surface area contributed by atoms with Gasteiger partial charge in [-0.25, -0.2) is 9.78 Å². The maximum atomic E-state index is 12.3. The molecule has 0 unspecified atom stereocenters. The third kappa shape index (κ3) is 3.68. The van der Waals surface area contributed by atoms with Gasteiger partial charge in [0.05, 0.1) is 23.8 Å². The van der Waals surface area contributed by atoms with Crippen molar-refractivity contribution < 1.29 is 4.79 Å². The standard InChI is InChI=1S/C18H19N3OS/c1-13(15-8-7-14-5-3-4-6-16(14)9-15)20-18(22)21(2)10-17-11-23-12-19-17/h3-9,11-13H,10H2,1-2H3,(H,20,22)/t13-/m1/s1. The Hall–Kier alpha value is -2.40. The summed E-state index contributed by atoms with van der Waals surface area (Å²) in [5.41, 5.74) is 3.78. The van der Waals surface area contributed by atoms with Crippen molar-refractivity contribution >= 4 is 28.1 Å². The molecule has 0 fully saturated rings. The number of nitrogens with one attached hydrogen (secondary N) is 1. The van der Waals surface area contributed by atoms with Crippen LogP contribution in [-0.4, -0.2) is 23.0 Å². The summed E-state index contributed by atoms with van der Waals surface area (Å²) in [5, 5.41) is 7.38. The third-order valence-electron chi connectivity index (χ3n) is 3.84. The van der Waals surface area contributed by atoms with Gasteiger partial charge in [0.15, 0.2) is 0 Å². The van der Waals surface area contributed by atoms with Crippen LogP contribution in [0, 0.1) is 0 Å². The molecule has 0 saturated heterocycles. The van der Waals surface area contributed by atoms with E-state index in [0.29, 0.717) is 6.54 Å². The van der Waals surface area contributed by atoms with Crippen LogP contribution in [0.4, 0.5) is 4.79 Å². The lowest BCUT2D eigenvalue weighted by Gasteiger charge is -2.21. The van der Waals surface area contributed by atoms with E-state index in [-0.39, 0.29) is 12.1 Å². The number of thiazole rings is 1. The van der Waals surface area contributed by atoms with E-state index >= 15 is 0 Å². The summed E-state index contributed by atoms with van der Waals surface area (Å²) in [4.78, 5) is 18.2. The fourth-order valence-corrected chi connectivity index (χ4v) is 3.04. The van der Waals surface area contributed by atoms with Gasteiger partial charge in [-0.3, -0.25) is 0 Å². The van der Waals surface area contributed by atoms with Gasteiger partial charge >= 0.3 is 6.03 Å². The predicted molar refractivity (Wildman–Crippen MR) is 94.5 cm³/mol. The Balaban J connectivity index is 1.67. The second kappa shape index (κ2) is 6.79. The number of hydrogen-bond donors (Lipinski definition) is 1. The van der Waals surface area contributed by atoms with Crippen LogP contribution in [0.3, 0.4) is 0 Å². The van der Waals surface area contributed by atoms with Gasteiger partial charge in [0.25, 0.3) is 0 Å². The highest BCUT2D eigenvalue weighted by molar-refractivity contribution is 7.07. The minimum atomic E-state index is -0.0985. The van der Waals surface area contributed by atoms with E-state index in [1.54, 1.807) is 17.5 Å². The third-order valence-corrected chi connectivity index (χ3v) is 4.48. The molecule has 4 nitrogen and oxygen atoms in total.